The summed E-state index contributed by atoms with van der Waals surface area (Å²) in [5.41, 5.74) is 6.35. The summed E-state index contributed by atoms with van der Waals surface area (Å²) in [6.45, 7) is 3.99. The van der Waals surface area contributed by atoms with Crippen LogP contribution in [0.2, 0.25) is 5.02 Å². The van der Waals surface area contributed by atoms with Gasteiger partial charge in [0.25, 0.3) is 0 Å². The number of nitrogen functional groups attached to an aromatic ring is 1. The molecule has 3 N–H and O–H groups in total. The normalized spacial score (nSPS) is 9.81. The van der Waals surface area contributed by atoms with Crippen molar-refractivity contribution in [1.82, 2.24) is 5.32 Å². The molecule has 0 bridgehead atoms. The fraction of sp³-hybridized carbons (Fsp3) is 0.182. The van der Waals surface area contributed by atoms with E-state index in [1.165, 1.54) is 11.8 Å². The van der Waals surface area contributed by atoms with Crippen LogP contribution in [0, 0.1) is 0 Å². The highest BCUT2D eigenvalue weighted by molar-refractivity contribution is 8.00. The summed E-state index contributed by atoms with van der Waals surface area (Å²) in [6.07, 6.45) is 1.63. The highest BCUT2D eigenvalue weighted by Crippen LogP contribution is 2.32. The lowest BCUT2D eigenvalue weighted by Crippen LogP contribution is -2.24. The van der Waals surface area contributed by atoms with Crippen molar-refractivity contribution in [3.8, 4) is 0 Å². The molecule has 0 saturated heterocycles. The van der Waals surface area contributed by atoms with Crippen molar-refractivity contribution in [2.45, 2.75) is 4.90 Å². The van der Waals surface area contributed by atoms with Gasteiger partial charge in [-0.1, -0.05) is 23.7 Å². The van der Waals surface area contributed by atoms with Crippen LogP contribution in [0.25, 0.3) is 0 Å². The van der Waals surface area contributed by atoms with Gasteiger partial charge in [-0.25, -0.2) is 0 Å². The zero-order valence-electron chi connectivity index (χ0n) is 8.70. The third kappa shape index (κ3) is 3.79. The largest absolute Gasteiger partial charge is 0.398 e. The predicted molar refractivity (Wildman–Crippen MR) is 69.8 cm³/mol. The number of carbonyl (C=O) groups excluding carboxylic acids is 1. The van der Waals surface area contributed by atoms with Crippen molar-refractivity contribution < 1.29 is 4.79 Å². The van der Waals surface area contributed by atoms with Gasteiger partial charge in [-0.2, -0.15) is 0 Å². The van der Waals surface area contributed by atoms with Crippen molar-refractivity contribution in [3.63, 3.8) is 0 Å². The smallest absolute Gasteiger partial charge is 0.230 e. The lowest BCUT2D eigenvalue weighted by Gasteiger charge is -2.07. The molecule has 0 aliphatic carbocycles. The summed E-state index contributed by atoms with van der Waals surface area (Å²) in [5, 5.41) is 3.25. The van der Waals surface area contributed by atoms with Gasteiger partial charge in [0, 0.05) is 17.1 Å². The molecule has 0 aromatic heterocycles. The van der Waals surface area contributed by atoms with E-state index in [0.29, 0.717) is 23.0 Å². The Balaban J connectivity index is 2.54. The topological polar surface area (TPSA) is 55.1 Å². The summed E-state index contributed by atoms with van der Waals surface area (Å²) in [4.78, 5) is 12.1. The summed E-state index contributed by atoms with van der Waals surface area (Å²) in [6, 6.07) is 5.29. The molecule has 0 fully saturated rings. The number of carbonyl (C=O) groups is 1. The molecule has 1 aromatic carbocycles. The van der Waals surface area contributed by atoms with Crippen molar-refractivity contribution in [3.05, 3.63) is 35.9 Å². The molecule has 86 valence electrons. The number of benzene rings is 1. The molecular formula is C11H13ClN2OS. The van der Waals surface area contributed by atoms with Crippen LogP contribution in [-0.4, -0.2) is 18.2 Å². The Morgan fingerprint density at radius 2 is 2.38 bits per heavy atom. The minimum Gasteiger partial charge on any atom is -0.398 e. The van der Waals surface area contributed by atoms with Crippen LogP contribution in [0.3, 0.4) is 0 Å². The highest BCUT2D eigenvalue weighted by atomic mass is 35.5. The first-order valence-electron chi connectivity index (χ1n) is 4.69. The van der Waals surface area contributed by atoms with Crippen molar-refractivity contribution in [2.24, 2.45) is 0 Å². The van der Waals surface area contributed by atoms with E-state index in [9.17, 15) is 4.79 Å². The third-order valence-electron chi connectivity index (χ3n) is 1.79. The van der Waals surface area contributed by atoms with E-state index in [4.69, 9.17) is 17.3 Å². The number of halogens is 1. The van der Waals surface area contributed by atoms with Gasteiger partial charge in [-0.15, -0.1) is 18.3 Å². The Kier molecular flexibility index (Phi) is 5.22. The lowest BCUT2D eigenvalue weighted by atomic mass is 10.3. The molecular weight excluding hydrogens is 244 g/mol. The summed E-state index contributed by atoms with van der Waals surface area (Å²) < 4.78 is 0. The Hall–Kier alpha value is -1.13. The van der Waals surface area contributed by atoms with Gasteiger partial charge in [-0.3, -0.25) is 4.79 Å². The van der Waals surface area contributed by atoms with Gasteiger partial charge in [0.05, 0.1) is 10.8 Å². The Morgan fingerprint density at radius 3 is 3.00 bits per heavy atom. The molecule has 5 heteroatoms. The molecule has 0 heterocycles. The maximum Gasteiger partial charge on any atom is 0.230 e. The van der Waals surface area contributed by atoms with E-state index < -0.39 is 0 Å². The molecule has 0 radical (unpaired) electrons. The molecule has 0 unspecified atom stereocenters. The van der Waals surface area contributed by atoms with E-state index in [1.807, 2.05) is 0 Å². The number of hydrogen-bond donors (Lipinski definition) is 2. The van der Waals surface area contributed by atoms with Crippen molar-refractivity contribution >= 4 is 35.0 Å². The third-order valence-corrected chi connectivity index (χ3v) is 3.37. The van der Waals surface area contributed by atoms with Gasteiger partial charge >= 0.3 is 0 Å². The first-order valence-corrected chi connectivity index (χ1v) is 6.06. The SMILES string of the molecule is C=CCNC(=O)CSc1c(N)cccc1Cl. The molecule has 0 spiro atoms. The van der Waals surface area contributed by atoms with Crippen LogP contribution in [0.5, 0.6) is 0 Å². The van der Waals surface area contributed by atoms with Gasteiger partial charge in [-0.05, 0) is 12.1 Å². The minimum absolute atomic E-state index is 0.0655. The van der Waals surface area contributed by atoms with Crippen LogP contribution in [-0.2, 0) is 4.79 Å². The average Bonchev–Trinajstić information content (AvgIpc) is 2.25. The Labute approximate surface area is 104 Å². The van der Waals surface area contributed by atoms with Crippen LogP contribution < -0.4 is 11.1 Å². The molecule has 16 heavy (non-hydrogen) atoms. The standard InChI is InChI=1S/C11H13ClN2OS/c1-2-6-14-10(15)7-16-11-8(12)4-3-5-9(11)13/h2-5H,1,6-7,13H2,(H,14,15). The van der Waals surface area contributed by atoms with Crippen molar-refractivity contribution in [2.75, 3.05) is 18.0 Å². The monoisotopic (exact) mass is 256 g/mol. The number of rotatable bonds is 5. The molecule has 0 aliphatic rings. The van der Waals surface area contributed by atoms with E-state index in [2.05, 4.69) is 11.9 Å². The quantitative estimate of drug-likeness (QED) is 0.483. The second kappa shape index (κ2) is 6.45. The van der Waals surface area contributed by atoms with Crippen LogP contribution in [0.15, 0.2) is 35.7 Å². The fourth-order valence-electron chi connectivity index (χ4n) is 1.05. The van der Waals surface area contributed by atoms with Gasteiger partial charge in [0.2, 0.25) is 5.91 Å². The maximum atomic E-state index is 11.3. The number of anilines is 1. The first-order chi connectivity index (χ1) is 7.65. The molecule has 1 rings (SSSR count). The Bertz CT molecular complexity index is 375. The highest BCUT2D eigenvalue weighted by Gasteiger charge is 2.07. The second-order valence-corrected chi connectivity index (χ2v) is 4.43. The number of nitrogens with one attached hydrogen (secondary N) is 1. The maximum absolute atomic E-state index is 11.3. The lowest BCUT2D eigenvalue weighted by molar-refractivity contribution is -0.118. The number of thioether (sulfide) groups is 1. The minimum atomic E-state index is -0.0655. The number of amides is 1. The molecule has 0 atom stereocenters. The number of nitrogens with two attached hydrogens (primary N) is 1. The van der Waals surface area contributed by atoms with Gasteiger partial charge < -0.3 is 11.1 Å². The molecule has 0 aliphatic heterocycles. The van der Waals surface area contributed by atoms with Crippen LogP contribution in [0.1, 0.15) is 0 Å². The summed E-state index contributed by atoms with van der Waals surface area (Å²) in [5.74, 6) is 0.228. The Morgan fingerprint density at radius 1 is 1.62 bits per heavy atom. The van der Waals surface area contributed by atoms with Crippen molar-refractivity contribution in [1.29, 1.82) is 0 Å². The number of hydrogen-bond acceptors (Lipinski definition) is 3. The van der Waals surface area contributed by atoms with Crippen LogP contribution in [0.4, 0.5) is 5.69 Å². The molecule has 3 nitrogen and oxygen atoms in total. The zero-order valence-corrected chi connectivity index (χ0v) is 10.3. The van der Waals surface area contributed by atoms with Crippen LogP contribution >= 0.6 is 23.4 Å². The average molecular weight is 257 g/mol. The molecule has 0 saturated carbocycles. The van der Waals surface area contributed by atoms with Gasteiger partial charge in [0.15, 0.2) is 0 Å². The predicted octanol–water partition coefficient (Wildman–Crippen LogP) is 2.32. The first kappa shape index (κ1) is 12.9. The van der Waals surface area contributed by atoms with Gasteiger partial charge in [0.1, 0.15) is 0 Å². The van der Waals surface area contributed by atoms with E-state index >= 15 is 0 Å². The zero-order chi connectivity index (χ0) is 12.0. The molecule has 1 aromatic rings. The summed E-state index contributed by atoms with van der Waals surface area (Å²) >= 11 is 7.30. The van der Waals surface area contributed by atoms with E-state index in [0.717, 1.165) is 4.90 Å². The van der Waals surface area contributed by atoms with E-state index in [1.54, 1.807) is 24.3 Å². The second-order valence-electron chi connectivity index (χ2n) is 3.04. The van der Waals surface area contributed by atoms with E-state index in [-0.39, 0.29) is 5.91 Å². The molecule has 1 amide bonds. The summed E-state index contributed by atoms with van der Waals surface area (Å²) in [7, 11) is 0. The fourth-order valence-corrected chi connectivity index (χ4v) is 2.22.